The SMILES string of the molecule is Cc1ncc(C(=O)Nc2ccccc2F)c(=O)[nH]1. The summed E-state index contributed by atoms with van der Waals surface area (Å²) < 4.78 is 13.3. The molecule has 2 aromatic rings. The van der Waals surface area contributed by atoms with Crippen LogP contribution >= 0.6 is 0 Å². The monoisotopic (exact) mass is 247 g/mol. The normalized spacial score (nSPS) is 10.1. The van der Waals surface area contributed by atoms with E-state index < -0.39 is 17.3 Å². The number of H-pyrrole nitrogens is 1. The number of aromatic nitrogens is 2. The van der Waals surface area contributed by atoms with E-state index in [9.17, 15) is 14.0 Å². The van der Waals surface area contributed by atoms with Crippen molar-refractivity contribution in [3.8, 4) is 0 Å². The van der Waals surface area contributed by atoms with E-state index >= 15 is 0 Å². The Balaban J connectivity index is 2.28. The van der Waals surface area contributed by atoms with Gasteiger partial charge in [-0.2, -0.15) is 0 Å². The highest BCUT2D eigenvalue weighted by Gasteiger charge is 2.12. The van der Waals surface area contributed by atoms with Gasteiger partial charge in [0.05, 0.1) is 5.69 Å². The lowest BCUT2D eigenvalue weighted by molar-refractivity contribution is 0.102. The number of benzene rings is 1. The highest BCUT2D eigenvalue weighted by molar-refractivity contribution is 6.03. The Hall–Kier alpha value is -2.50. The average Bonchev–Trinajstić information content (AvgIpc) is 2.32. The van der Waals surface area contributed by atoms with Gasteiger partial charge in [-0.25, -0.2) is 9.37 Å². The maximum absolute atomic E-state index is 13.3. The van der Waals surface area contributed by atoms with Crippen LogP contribution in [0.3, 0.4) is 0 Å². The molecule has 1 amide bonds. The van der Waals surface area contributed by atoms with Gasteiger partial charge in [-0.05, 0) is 19.1 Å². The molecule has 5 nitrogen and oxygen atoms in total. The number of aromatic amines is 1. The van der Waals surface area contributed by atoms with E-state index in [0.29, 0.717) is 5.82 Å². The zero-order valence-corrected chi connectivity index (χ0v) is 9.53. The summed E-state index contributed by atoms with van der Waals surface area (Å²) in [5.41, 5.74) is -0.706. The van der Waals surface area contributed by atoms with E-state index in [0.717, 1.165) is 6.20 Å². The van der Waals surface area contributed by atoms with Gasteiger partial charge in [-0.15, -0.1) is 0 Å². The lowest BCUT2D eigenvalue weighted by Crippen LogP contribution is -2.24. The Bertz CT molecular complexity index is 652. The zero-order valence-electron chi connectivity index (χ0n) is 9.53. The molecule has 1 aromatic carbocycles. The molecule has 18 heavy (non-hydrogen) atoms. The summed E-state index contributed by atoms with van der Waals surface area (Å²) in [7, 11) is 0. The molecule has 0 saturated heterocycles. The molecule has 0 aliphatic rings. The van der Waals surface area contributed by atoms with Gasteiger partial charge in [0.2, 0.25) is 0 Å². The van der Waals surface area contributed by atoms with Gasteiger partial charge in [0.1, 0.15) is 17.2 Å². The number of hydrogen-bond acceptors (Lipinski definition) is 3. The van der Waals surface area contributed by atoms with Gasteiger partial charge in [0.15, 0.2) is 0 Å². The highest BCUT2D eigenvalue weighted by atomic mass is 19.1. The van der Waals surface area contributed by atoms with Crippen LogP contribution in [0.2, 0.25) is 0 Å². The predicted octanol–water partition coefficient (Wildman–Crippen LogP) is 1.47. The second-order valence-electron chi connectivity index (χ2n) is 3.65. The van der Waals surface area contributed by atoms with Crippen molar-refractivity contribution >= 4 is 11.6 Å². The van der Waals surface area contributed by atoms with Crippen molar-refractivity contribution in [2.75, 3.05) is 5.32 Å². The summed E-state index contributed by atoms with van der Waals surface area (Å²) >= 11 is 0. The molecular formula is C12H10FN3O2. The number of amides is 1. The molecule has 92 valence electrons. The molecular weight excluding hydrogens is 237 g/mol. The third-order valence-corrected chi connectivity index (χ3v) is 2.29. The van der Waals surface area contributed by atoms with E-state index in [1.165, 1.54) is 18.2 Å². The van der Waals surface area contributed by atoms with Crippen molar-refractivity contribution < 1.29 is 9.18 Å². The van der Waals surface area contributed by atoms with E-state index in [1.54, 1.807) is 13.0 Å². The fourth-order valence-electron chi connectivity index (χ4n) is 1.40. The molecule has 1 heterocycles. The topological polar surface area (TPSA) is 74.8 Å². The smallest absolute Gasteiger partial charge is 0.263 e. The first-order valence-corrected chi connectivity index (χ1v) is 5.20. The summed E-state index contributed by atoms with van der Waals surface area (Å²) in [5.74, 6) is -0.862. The number of halogens is 1. The molecule has 1 aromatic heterocycles. The first kappa shape index (κ1) is 12.0. The molecule has 0 atom stereocenters. The molecule has 0 fully saturated rings. The quantitative estimate of drug-likeness (QED) is 0.843. The highest BCUT2D eigenvalue weighted by Crippen LogP contribution is 2.12. The van der Waals surface area contributed by atoms with Crippen molar-refractivity contribution in [1.29, 1.82) is 0 Å². The van der Waals surface area contributed by atoms with Crippen LogP contribution in [0.15, 0.2) is 35.3 Å². The Labute approximate surface area is 102 Å². The third-order valence-electron chi connectivity index (χ3n) is 2.29. The first-order chi connectivity index (χ1) is 8.58. The minimum absolute atomic E-state index is 0.0162. The predicted molar refractivity (Wildman–Crippen MR) is 63.9 cm³/mol. The van der Waals surface area contributed by atoms with Crippen molar-refractivity contribution in [2.45, 2.75) is 6.92 Å². The van der Waals surface area contributed by atoms with Crippen LogP contribution in [-0.4, -0.2) is 15.9 Å². The van der Waals surface area contributed by atoms with Crippen LogP contribution in [0.25, 0.3) is 0 Å². The standard InChI is InChI=1S/C12H10FN3O2/c1-7-14-6-8(11(17)15-7)12(18)16-10-5-3-2-4-9(10)13/h2-6H,1H3,(H,16,18)(H,14,15,17). The third kappa shape index (κ3) is 2.42. The Morgan fingerprint density at radius 1 is 1.39 bits per heavy atom. The van der Waals surface area contributed by atoms with Crippen LogP contribution in [0.1, 0.15) is 16.2 Å². The summed E-state index contributed by atoms with van der Waals surface area (Å²) in [6.45, 7) is 1.60. The van der Waals surface area contributed by atoms with Crippen molar-refractivity contribution in [1.82, 2.24) is 9.97 Å². The van der Waals surface area contributed by atoms with E-state index in [1.807, 2.05) is 0 Å². The molecule has 0 spiro atoms. The molecule has 6 heteroatoms. The second-order valence-corrected chi connectivity index (χ2v) is 3.65. The summed E-state index contributed by atoms with van der Waals surface area (Å²) in [6, 6.07) is 5.71. The molecule has 0 unspecified atom stereocenters. The molecule has 0 bridgehead atoms. The van der Waals surface area contributed by atoms with Crippen molar-refractivity contribution in [3.63, 3.8) is 0 Å². The minimum atomic E-state index is -0.700. The maximum atomic E-state index is 13.3. The van der Waals surface area contributed by atoms with Crippen LogP contribution in [0.5, 0.6) is 0 Å². The Kier molecular flexibility index (Phi) is 3.18. The van der Waals surface area contributed by atoms with Gasteiger partial charge in [0.25, 0.3) is 11.5 Å². The summed E-state index contributed by atoms with van der Waals surface area (Å²) in [6.07, 6.45) is 1.16. The van der Waals surface area contributed by atoms with Crippen LogP contribution < -0.4 is 10.9 Å². The number of carbonyl (C=O) groups is 1. The van der Waals surface area contributed by atoms with Gasteiger partial charge in [-0.3, -0.25) is 9.59 Å². The minimum Gasteiger partial charge on any atom is -0.319 e. The zero-order chi connectivity index (χ0) is 13.1. The molecule has 2 N–H and O–H groups in total. The van der Waals surface area contributed by atoms with E-state index in [-0.39, 0.29) is 11.3 Å². The number of anilines is 1. The molecule has 0 radical (unpaired) electrons. The molecule has 0 saturated carbocycles. The lowest BCUT2D eigenvalue weighted by atomic mass is 10.2. The maximum Gasteiger partial charge on any atom is 0.263 e. The van der Waals surface area contributed by atoms with Gasteiger partial charge in [0, 0.05) is 6.20 Å². The van der Waals surface area contributed by atoms with Gasteiger partial charge < -0.3 is 10.3 Å². The lowest BCUT2D eigenvalue weighted by Gasteiger charge is -2.05. The number of rotatable bonds is 2. The summed E-state index contributed by atoms with van der Waals surface area (Å²) in [5, 5.41) is 2.31. The number of nitrogens with zero attached hydrogens (tertiary/aromatic N) is 1. The van der Waals surface area contributed by atoms with Crippen molar-refractivity contribution in [3.05, 3.63) is 58.0 Å². The largest absolute Gasteiger partial charge is 0.319 e. The average molecular weight is 247 g/mol. The first-order valence-electron chi connectivity index (χ1n) is 5.20. The summed E-state index contributed by atoms with van der Waals surface area (Å²) in [4.78, 5) is 29.5. The molecule has 0 aliphatic carbocycles. The Morgan fingerprint density at radius 2 is 2.11 bits per heavy atom. The number of carbonyl (C=O) groups excluding carboxylic acids is 1. The van der Waals surface area contributed by atoms with Crippen molar-refractivity contribution in [2.24, 2.45) is 0 Å². The number of nitrogens with one attached hydrogen (secondary N) is 2. The molecule has 2 rings (SSSR count). The number of aryl methyl sites for hydroxylation is 1. The fraction of sp³-hybridized carbons (Fsp3) is 0.0833. The van der Waals surface area contributed by atoms with E-state index in [2.05, 4.69) is 15.3 Å². The fourth-order valence-corrected chi connectivity index (χ4v) is 1.40. The van der Waals surface area contributed by atoms with Gasteiger partial charge in [-0.1, -0.05) is 12.1 Å². The van der Waals surface area contributed by atoms with E-state index in [4.69, 9.17) is 0 Å². The molecule has 0 aliphatic heterocycles. The second kappa shape index (κ2) is 4.79. The number of para-hydroxylation sites is 1. The Morgan fingerprint density at radius 3 is 2.78 bits per heavy atom. The van der Waals surface area contributed by atoms with Gasteiger partial charge >= 0.3 is 0 Å². The van der Waals surface area contributed by atoms with Crippen LogP contribution in [0.4, 0.5) is 10.1 Å². The number of hydrogen-bond donors (Lipinski definition) is 2. The van der Waals surface area contributed by atoms with Crippen LogP contribution in [-0.2, 0) is 0 Å². The van der Waals surface area contributed by atoms with Crippen LogP contribution in [0, 0.1) is 12.7 Å².